The standard InChI is InChI=1S/C12H14N2O2/c1-13-10-3-4-11-9(7-10)5-6-14(11)8-12(15)16-2/h3-7,13H,8H2,1-2H3. The first-order valence-corrected chi connectivity index (χ1v) is 5.08. The summed E-state index contributed by atoms with van der Waals surface area (Å²) in [6.07, 6.45) is 1.89. The van der Waals surface area contributed by atoms with Crippen LogP contribution in [0.5, 0.6) is 0 Å². The van der Waals surface area contributed by atoms with E-state index in [1.807, 2.05) is 42.1 Å². The third-order valence-corrected chi connectivity index (χ3v) is 2.59. The Bertz CT molecular complexity index is 517. The summed E-state index contributed by atoms with van der Waals surface area (Å²) in [6.45, 7) is 0.249. The van der Waals surface area contributed by atoms with Gasteiger partial charge in [-0.25, -0.2) is 0 Å². The average molecular weight is 218 g/mol. The Kier molecular flexibility index (Phi) is 2.81. The van der Waals surface area contributed by atoms with Crippen LogP contribution >= 0.6 is 0 Å². The third-order valence-electron chi connectivity index (χ3n) is 2.59. The van der Waals surface area contributed by atoms with Crippen LogP contribution in [0.3, 0.4) is 0 Å². The van der Waals surface area contributed by atoms with Crippen LogP contribution < -0.4 is 5.32 Å². The maximum absolute atomic E-state index is 11.2. The van der Waals surface area contributed by atoms with Crippen LogP contribution in [-0.2, 0) is 16.1 Å². The molecule has 84 valence electrons. The first-order valence-electron chi connectivity index (χ1n) is 5.08. The zero-order valence-corrected chi connectivity index (χ0v) is 9.36. The fourth-order valence-electron chi connectivity index (χ4n) is 1.70. The van der Waals surface area contributed by atoms with E-state index in [9.17, 15) is 4.79 Å². The van der Waals surface area contributed by atoms with E-state index in [1.54, 1.807) is 0 Å². The molecule has 0 bridgehead atoms. The number of methoxy groups -OCH3 is 1. The van der Waals surface area contributed by atoms with E-state index in [-0.39, 0.29) is 12.5 Å². The molecule has 2 rings (SSSR count). The Labute approximate surface area is 93.8 Å². The Hall–Kier alpha value is -1.97. The van der Waals surface area contributed by atoms with Crippen molar-refractivity contribution >= 4 is 22.6 Å². The molecule has 4 nitrogen and oxygen atoms in total. The second-order valence-electron chi connectivity index (χ2n) is 3.54. The molecule has 0 saturated heterocycles. The number of anilines is 1. The molecule has 1 aromatic heterocycles. The van der Waals surface area contributed by atoms with E-state index in [0.717, 1.165) is 16.6 Å². The fourth-order valence-corrected chi connectivity index (χ4v) is 1.70. The summed E-state index contributed by atoms with van der Waals surface area (Å²) in [4.78, 5) is 11.2. The number of benzene rings is 1. The molecule has 2 aromatic rings. The summed E-state index contributed by atoms with van der Waals surface area (Å²) in [6, 6.07) is 8.00. The molecular weight excluding hydrogens is 204 g/mol. The van der Waals surface area contributed by atoms with Crippen LogP contribution in [0.25, 0.3) is 10.9 Å². The molecular formula is C12H14N2O2. The molecule has 0 amide bonds. The van der Waals surface area contributed by atoms with Crippen molar-refractivity contribution in [3.05, 3.63) is 30.5 Å². The van der Waals surface area contributed by atoms with Gasteiger partial charge >= 0.3 is 5.97 Å². The molecule has 0 radical (unpaired) electrons. The first kappa shape index (κ1) is 10.5. The number of hydrogen-bond acceptors (Lipinski definition) is 3. The summed E-state index contributed by atoms with van der Waals surface area (Å²) >= 11 is 0. The van der Waals surface area contributed by atoms with Crippen LogP contribution in [0, 0.1) is 0 Å². The van der Waals surface area contributed by atoms with Gasteiger partial charge in [0.2, 0.25) is 0 Å². The summed E-state index contributed by atoms with van der Waals surface area (Å²) in [7, 11) is 3.28. The molecule has 1 heterocycles. The SMILES string of the molecule is CNc1ccc2c(ccn2CC(=O)OC)c1. The summed E-state index contributed by atoms with van der Waals surface area (Å²) in [5.41, 5.74) is 2.09. The fraction of sp³-hybridized carbons (Fsp3) is 0.250. The van der Waals surface area contributed by atoms with E-state index >= 15 is 0 Å². The van der Waals surface area contributed by atoms with Gasteiger partial charge in [0, 0.05) is 29.8 Å². The Morgan fingerprint density at radius 2 is 2.25 bits per heavy atom. The molecule has 0 atom stereocenters. The van der Waals surface area contributed by atoms with E-state index < -0.39 is 0 Å². The number of ether oxygens (including phenoxy) is 1. The highest BCUT2D eigenvalue weighted by atomic mass is 16.5. The summed E-state index contributed by atoms with van der Waals surface area (Å²) in [5.74, 6) is -0.241. The minimum atomic E-state index is -0.241. The highest BCUT2D eigenvalue weighted by Gasteiger charge is 2.05. The van der Waals surface area contributed by atoms with Gasteiger partial charge in [-0.05, 0) is 24.3 Å². The molecule has 1 N–H and O–H groups in total. The van der Waals surface area contributed by atoms with Crippen molar-refractivity contribution in [2.45, 2.75) is 6.54 Å². The number of fused-ring (bicyclic) bond motifs is 1. The van der Waals surface area contributed by atoms with Crippen LogP contribution in [0.15, 0.2) is 30.5 Å². The lowest BCUT2D eigenvalue weighted by Crippen LogP contribution is -2.10. The maximum Gasteiger partial charge on any atom is 0.325 e. The minimum Gasteiger partial charge on any atom is -0.468 e. The molecule has 0 fully saturated rings. The smallest absolute Gasteiger partial charge is 0.325 e. The normalized spacial score (nSPS) is 10.4. The van der Waals surface area contributed by atoms with Gasteiger partial charge in [-0.3, -0.25) is 4.79 Å². The van der Waals surface area contributed by atoms with E-state index in [2.05, 4.69) is 10.1 Å². The lowest BCUT2D eigenvalue weighted by molar-refractivity contribution is -0.141. The number of aromatic nitrogens is 1. The van der Waals surface area contributed by atoms with Gasteiger partial charge in [0.25, 0.3) is 0 Å². The Balaban J connectivity index is 2.37. The van der Waals surface area contributed by atoms with Crippen molar-refractivity contribution in [2.75, 3.05) is 19.5 Å². The molecule has 16 heavy (non-hydrogen) atoms. The lowest BCUT2D eigenvalue weighted by Gasteiger charge is -2.04. The van der Waals surface area contributed by atoms with Crippen LogP contribution in [0.1, 0.15) is 0 Å². The van der Waals surface area contributed by atoms with Crippen molar-refractivity contribution in [2.24, 2.45) is 0 Å². The highest BCUT2D eigenvalue weighted by Crippen LogP contribution is 2.20. The largest absolute Gasteiger partial charge is 0.468 e. The van der Waals surface area contributed by atoms with Gasteiger partial charge < -0.3 is 14.6 Å². The Morgan fingerprint density at radius 3 is 2.94 bits per heavy atom. The quantitative estimate of drug-likeness (QED) is 0.799. The molecule has 0 aliphatic carbocycles. The average Bonchev–Trinajstić information content (AvgIpc) is 2.71. The third kappa shape index (κ3) is 1.86. The molecule has 1 aromatic carbocycles. The van der Waals surface area contributed by atoms with E-state index in [1.165, 1.54) is 7.11 Å². The van der Waals surface area contributed by atoms with Gasteiger partial charge in [0.15, 0.2) is 0 Å². The molecule has 0 unspecified atom stereocenters. The number of esters is 1. The van der Waals surface area contributed by atoms with Crippen molar-refractivity contribution < 1.29 is 9.53 Å². The van der Waals surface area contributed by atoms with Crippen molar-refractivity contribution in [1.29, 1.82) is 0 Å². The van der Waals surface area contributed by atoms with E-state index in [0.29, 0.717) is 0 Å². The summed E-state index contributed by atoms with van der Waals surface area (Å²) in [5, 5.41) is 4.19. The number of carbonyl (C=O) groups is 1. The van der Waals surface area contributed by atoms with Crippen molar-refractivity contribution in [3.63, 3.8) is 0 Å². The van der Waals surface area contributed by atoms with Crippen molar-refractivity contribution in [1.82, 2.24) is 4.57 Å². The Morgan fingerprint density at radius 1 is 1.44 bits per heavy atom. The molecule has 4 heteroatoms. The van der Waals surface area contributed by atoms with Gasteiger partial charge in [-0.2, -0.15) is 0 Å². The second-order valence-corrected chi connectivity index (χ2v) is 3.54. The van der Waals surface area contributed by atoms with Crippen LogP contribution in [-0.4, -0.2) is 24.7 Å². The number of nitrogens with zero attached hydrogens (tertiary/aromatic N) is 1. The highest BCUT2D eigenvalue weighted by molar-refractivity contribution is 5.85. The zero-order chi connectivity index (χ0) is 11.5. The number of nitrogens with one attached hydrogen (secondary N) is 1. The molecule has 0 aliphatic rings. The first-order chi connectivity index (χ1) is 7.74. The number of rotatable bonds is 3. The van der Waals surface area contributed by atoms with Gasteiger partial charge in [0.05, 0.1) is 7.11 Å². The molecule has 0 saturated carbocycles. The number of carbonyl (C=O) groups excluding carboxylic acids is 1. The van der Waals surface area contributed by atoms with Crippen molar-refractivity contribution in [3.8, 4) is 0 Å². The zero-order valence-electron chi connectivity index (χ0n) is 9.36. The van der Waals surface area contributed by atoms with E-state index in [4.69, 9.17) is 0 Å². The molecule has 0 spiro atoms. The van der Waals surface area contributed by atoms with Gasteiger partial charge in [0.1, 0.15) is 6.54 Å². The second kappa shape index (κ2) is 4.26. The minimum absolute atomic E-state index is 0.241. The number of hydrogen-bond donors (Lipinski definition) is 1. The predicted molar refractivity (Wildman–Crippen MR) is 63.5 cm³/mol. The maximum atomic E-state index is 11.2. The monoisotopic (exact) mass is 218 g/mol. The topological polar surface area (TPSA) is 43.3 Å². The van der Waals surface area contributed by atoms with Crippen LogP contribution in [0.2, 0.25) is 0 Å². The predicted octanol–water partition coefficient (Wildman–Crippen LogP) is 1.86. The lowest BCUT2D eigenvalue weighted by atomic mass is 10.2. The molecule has 0 aliphatic heterocycles. The summed E-state index contributed by atoms with van der Waals surface area (Å²) < 4.78 is 6.52. The van der Waals surface area contributed by atoms with Gasteiger partial charge in [-0.15, -0.1) is 0 Å². The van der Waals surface area contributed by atoms with Gasteiger partial charge in [-0.1, -0.05) is 0 Å². The van der Waals surface area contributed by atoms with Crippen LogP contribution in [0.4, 0.5) is 5.69 Å².